The third-order valence-electron chi connectivity index (χ3n) is 3.04. The van der Waals surface area contributed by atoms with Gasteiger partial charge in [-0.3, -0.25) is 9.20 Å². The highest BCUT2D eigenvalue weighted by Gasteiger charge is 2.08. The fourth-order valence-corrected chi connectivity index (χ4v) is 2.70. The standard InChI is InChI=1S/C15H15N3O3S/c1-20-12-4-2-3-5-13(12)21-10-14(19)16-8-11-9-18-6-7-22-15(18)17-11/h2-7,9H,8,10H2,1H3,(H,16,19). The van der Waals surface area contributed by atoms with Gasteiger partial charge in [0.25, 0.3) is 5.91 Å². The van der Waals surface area contributed by atoms with Crippen molar-refractivity contribution in [3.8, 4) is 11.5 Å². The topological polar surface area (TPSA) is 64.9 Å². The summed E-state index contributed by atoms with van der Waals surface area (Å²) in [5.41, 5.74) is 0.817. The Bertz CT molecular complexity index is 753. The number of carbonyl (C=O) groups excluding carboxylic acids is 1. The molecule has 0 saturated heterocycles. The number of benzene rings is 1. The summed E-state index contributed by atoms with van der Waals surface area (Å²) in [6.07, 6.45) is 3.83. The van der Waals surface area contributed by atoms with Crippen LogP contribution in [0, 0.1) is 0 Å². The lowest BCUT2D eigenvalue weighted by Crippen LogP contribution is -2.28. The molecule has 0 saturated carbocycles. The zero-order valence-corrected chi connectivity index (χ0v) is 12.8. The minimum Gasteiger partial charge on any atom is -0.493 e. The van der Waals surface area contributed by atoms with Gasteiger partial charge in [0, 0.05) is 17.8 Å². The number of imidazole rings is 1. The molecule has 0 fully saturated rings. The first-order chi connectivity index (χ1) is 10.8. The van der Waals surface area contributed by atoms with Crippen LogP contribution in [0.25, 0.3) is 4.96 Å². The molecule has 0 spiro atoms. The first kappa shape index (κ1) is 14.4. The predicted molar refractivity (Wildman–Crippen MR) is 83.4 cm³/mol. The predicted octanol–water partition coefficient (Wildman–Crippen LogP) is 2.10. The fraction of sp³-hybridized carbons (Fsp3) is 0.200. The number of amides is 1. The summed E-state index contributed by atoms with van der Waals surface area (Å²) in [7, 11) is 1.56. The molecule has 7 heteroatoms. The van der Waals surface area contributed by atoms with E-state index in [0.29, 0.717) is 18.0 Å². The SMILES string of the molecule is COc1ccccc1OCC(=O)NCc1cn2ccsc2n1. The summed E-state index contributed by atoms with van der Waals surface area (Å²) in [5.74, 6) is 0.939. The Morgan fingerprint density at radius 3 is 2.95 bits per heavy atom. The van der Waals surface area contributed by atoms with Gasteiger partial charge in [0.15, 0.2) is 23.1 Å². The summed E-state index contributed by atoms with van der Waals surface area (Å²) < 4.78 is 12.6. The van der Waals surface area contributed by atoms with Gasteiger partial charge >= 0.3 is 0 Å². The summed E-state index contributed by atoms with van der Waals surface area (Å²) in [6.45, 7) is 0.311. The summed E-state index contributed by atoms with van der Waals surface area (Å²) >= 11 is 1.55. The van der Waals surface area contributed by atoms with Gasteiger partial charge in [-0.2, -0.15) is 0 Å². The molecular weight excluding hydrogens is 302 g/mol. The molecule has 1 N–H and O–H groups in total. The number of hydrogen-bond acceptors (Lipinski definition) is 5. The van der Waals surface area contributed by atoms with E-state index in [9.17, 15) is 4.79 Å². The molecule has 0 aliphatic heterocycles. The van der Waals surface area contributed by atoms with Crippen molar-refractivity contribution in [2.24, 2.45) is 0 Å². The highest BCUT2D eigenvalue weighted by molar-refractivity contribution is 7.15. The maximum atomic E-state index is 11.8. The number of aromatic nitrogens is 2. The quantitative estimate of drug-likeness (QED) is 0.756. The van der Waals surface area contributed by atoms with E-state index in [-0.39, 0.29) is 12.5 Å². The lowest BCUT2D eigenvalue weighted by atomic mass is 10.3. The van der Waals surface area contributed by atoms with Crippen LogP contribution in [0.15, 0.2) is 42.0 Å². The van der Waals surface area contributed by atoms with Crippen molar-refractivity contribution < 1.29 is 14.3 Å². The van der Waals surface area contributed by atoms with Crippen LogP contribution < -0.4 is 14.8 Å². The molecule has 0 aliphatic rings. The third-order valence-corrected chi connectivity index (χ3v) is 3.81. The lowest BCUT2D eigenvalue weighted by molar-refractivity contribution is -0.123. The summed E-state index contributed by atoms with van der Waals surface area (Å²) in [6, 6.07) is 7.21. The monoisotopic (exact) mass is 317 g/mol. The zero-order chi connectivity index (χ0) is 15.4. The molecule has 22 heavy (non-hydrogen) atoms. The maximum absolute atomic E-state index is 11.8. The second-order valence-corrected chi connectivity index (χ2v) is 5.41. The molecule has 0 atom stereocenters. The zero-order valence-electron chi connectivity index (χ0n) is 12.0. The summed E-state index contributed by atoms with van der Waals surface area (Å²) in [4.78, 5) is 17.1. The van der Waals surface area contributed by atoms with E-state index in [2.05, 4.69) is 10.3 Å². The number of nitrogens with one attached hydrogen (secondary N) is 1. The Morgan fingerprint density at radius 2 is 2.18 bits per heavy atom. The van der Waals surface area contributed by atoms with E-state index < -0.39 is 0 Å². The van der Waals surface area contributed by atoms with Gasteiger partial charge in [-0.1, -0.05) is 12.1 Å². The Kier molecular flexibility index (Phi) is 4.24. The number of para-hydroxylation sites is 2. The Hall–Kier alpha value is -2.54. The average molecular weight is 317 g/mol. The van der Waals surface area contributed by atoms with Gasteiger partial charge in [0.1, 0.15) is 0 Å². The van der Waals surface area contributed by atoms with Crippen LogP contribution in [0.2, 0.25) is 0 Å². The first-order valence-corrected chi connectivity index (χ1v) is 7.58. The minimum atomic E-state index is -0.206. The Balaban J connectivity index is 1.51. The van der Waals surface area contributed by atoms with Crippen molar-refractivity contribution in [1.82, 2.24) is 14.7 Å². The third kappa shape index (κ3) is 3.20. The number of hydrogen-bond donors (Lipinski definition) is 1. The molecule has 3 rings (SSSR count). The van der Waals surface area contributed by atoms with Crippen LogP contribution in [0.3, 0.4) is 0 Å². The minimum absolute atomic E-state index is 0.0669. The van der Waals surface area contributed by atoms with E-state index in [1.807, 2.05) is 34.3 Å². The largest absolute Gasteiger partial charge is 0.493 e. The van der Waals surface area contributed by atoms with Crippen molar-refractivity contribution in [1.29, 1.82) is 0 Å². The van der Waals surface area contributed by atoms with E-state index >= 15 is 0 Å². The van der Waals surface area contributed by atoms with Gasteiger partial charge in [-0.25, -0.2) is 4.98 Å². The van der Waals surface area contributed by atoms with Crippen LogP contribution in [0.4, 0.5) is 0 Å². The van der Waals surface area contributed by atoms with E-state index in [1.54, 1.807) is 30.6 Å². The molecule has 0 unspecified atom stereocenters. The molecule has 6 nitrogen and oxygen atoms in total. The van der Waals surface area contributed by atoms with Gasteiger partial charge in [-0.05, 0) is 12.1 Å². The van der Waals surface area contributed by atoms with Crippen molar-refractivity contribution in [2.75, 3.05) is 13.7 Å². The first-order valence-electron chi connectivity index (χ1n) is 6.70. The number of rotatable bonds is 6. The molecule has 3 aromatic rings. The lowest BCUT2D eigenvalue weighted by Gasteiger charge is -2.10. The van der Waals surface area contributed by atoms with Crippen molar-refractivity contribution >= 4 is 22.2 Å². The van der Waals surface area contributed by atoms with E-state index in [0.717, 1.165) is 10.7 Å². The molecule has 0 aliphatic carbocycles. The normalized spacial score (nSPS) is 10.6. The van der Waals surface area contributed by atoms with E-state index in [1.165, 1.54) is 0 Å². The maximum Gasteiger partial charge on any atom is 0.258 e. The van der Waals surface area contributed by atoms with Gasteiger partial charge < -0.3 is 14.8 Å². The second-order valence-electron chi connectivity index (χ2n) is 4.54. The van der Waals surface area contributed by atoms with Crippen LogP contribution >= 0.6 is 11.3 Å². The Labute approximate surface area is 131 Å². The summed E-state index contributed by atoms with van der Waals surface area (Å²) in [5, 5.41) is 4.75. The van der Waals surface area contributed by atoms with Gasteiger partial charge in [-0.15, -0.1) is 11.3 Å². The number of fused-ring (bicyclic) bond motifs is 1. The van der Waals surface area contributed by atoms with Gasteiger partial charge in [0.05, 0.1) is 19.3 Å². The van der Waals surface area contributed by atoms with Gasteiger partial charge in [0.2, 0.25) is 0 Å². The number of ether oxygens (including phenoxy) is 2. The fourth-order valence-electron chi connectivity index (χ4n) is 1.98. The highest BCUT2D eigenvalue weighted by Crippen LogP contribution is 2.25. The van der Waals surface area contributed by atoms with Crippen molar-refractivity contribution in [2.45, 2.75) is 6.54 Å². The second kappa shape index (κ2) is 6.48. The molecule has 2 heterocycles. The molecule has 2 aromatic heterocycles. The molecule has 114 valence electrons. The molecule has 1 aromatic carbocycles. The smallest absolute Gasteiger partial charge is 0.258 e. The highest BCUT2D eigenvalue weighted by atomic mass is 32.1. The van der Waals surface area contributed by atoms with Crippen molar-refractivity contribution in [3.05, 3.63) is 47.7 Å². The number of carbonyl (C=O) groups is 1. The molecular formula is C15H15N3O3S. The van der Waals surface area contributed by atoms with Crippen LogP contribution in [-0.4, -0.2) is 29.0 Å². The van der Waals surface area contributed by atoms with Crippen LogP contribution in [-0.2, 0) is 11.3 Å². The molecule has 0 radical (unpaired) electrons. The van der Waals surface area contributed by atoms with E-state index in [4.69, 9.17) is 9.47 Å². The van der Waals surface area contributed by atoms with Crippen molar-refractivity contribution in [3.63, 3.8) is 0 Å². The molecule has 0 bridgehead atoms. The Morgan fingerprint density at radius 1 is 1.36 bits per heavy atom. The van der Waals surface area contributed by atoms with Crippen LogP contribution in [0.5, 0.6) is 11.5 Å². The number of nitrogens with zero attached hydrogens (tertiary/aromatic N) is 2. The number of methoxy groups -OCH3 is 1. The molecule has 1 amide bonds. The average Bonchev–Trinajstić information content (AvgIpc) is 3.12. The number of thiazole rings is 1. The van der Waals surface area contributed by atoms with Crippen LogP contribution in [0.1, 0.15) is 5.69 Å².